The first-order chi connectivity index (χ1) is 14.6. The Morgan fingerprint density at radius 3 is 2.47 bits per heavy atom. The van der Waals surface area contributed by atoms with Crippen LogP contribution in [0.25, 0.3) is 11.4 Å². The van der Waals surface area contributed by atoms with Crippen LogP contribution in [0.3, 0.4) is 0 Å². The minimum atomic E-state index is -0.118. The van der Waals surface area contributed by atoms with E-state index in [1.54, 1.807) is 24.5 Å². The topological polar surface area (TPSA) is 110 Å². The number of aryl methyl sites for hydroxylation is 1. The quantitative estimate of drug-likeness (QED) is 0.514. The van der Waals surface area contributed by atoms with Crippen molar-refractivity contribution in [2.75, 3.05) is 6.54 Å². The molecule has 156 valence electrons. The van der Waals surface area contributed by atoms with E-state index in [9.17, 15) is 9.59 Å². The lowest BCUT2D eigenvalue weighted by Crippen LogP contribution is -2.30. The molecule has 2 heterocycles. The van der Waals surface area contributed by atoms with Crippen molar-refractivity contribution in [3.63, 3.8) is 0 Å². The number of nitrogens with zero attached hydrogens (tertiary/aromatic N) is 3. The van der Waals surface area contributed by atoms with Gasteiger partial charge in [0, 0.05) is 55.3 Å². The van der Waals surface area contributed by atoms with E-state index in [0.29, 0.717) is 49.1 Å². The Labute approximate surface area is 179 Å². The molecule has 0 aliphatic heterocycles. The van der Waals surface area contributed by atoms with Gasteiger partial charge in [0.2, 0.25) is 23.5 Å². The van der Waals surface area contributed by atoms with Crippen LogP contribution >= 0.6 is 11.6 Å². The maximum atomic E-state index is 11.9. The number of carbonyl (C=O) groups excluding carboxylic acids is 2. The van der Waals surface area contributed by atoms with Gasteiger partial charge in [-0.15, -0.1) is 0 Å². The van der Waals surface area contributed by atoms with Crippen LogP contribution in [0.2, 0.25) is 5.02 Å². The third-order valence-electron chi connectivity index (χ3n) is 4.28. The first-order valence-corrected chi connectivity index (χ1v) is 9.99. The molecule has 8 nitrogen and oxygen atoms in total. The van der Waals surface area contributed by atoms with Gasteiger partial charge in [-0.05, 0) is 48.4 Å². The lowest BCUT2D eigenvalue weighted by Gasteiger charge is -2.06. The molecular weight excluding hydrogens is 406 g/mol. The molecule has 0 unspecified atom stereocenters. The molecule has 0 saturated heterocycles. The summed E-state index contributed by atoms with van der Waals surface area (Å²) in [5.41, 5.74) is 1.79. The Bertz CT molecular complexity index is 960. The summed E-state index contributed by atoms with van der Waals surface area (Å²) in [5.74, 6) is 0.731. The summed E-state index contributed by atoms with van der Waals surface area (Å²) in [6, 6.07) is 10.8. The minimum Gasteiger partial charge on any atom is -0.356 e. The number of hydrogen-bond acceptors (Lipinski definition) is 6. The first kappa shape index (κ1) is 21.4. The summed E-state index contributed by atoms with van der Waals surface area (Å²) in [5, 5.41) is 10.1. The van der Waals surface area contributed by atoms with Crippen molar-refractivity contribution in [1.29, 1.82) is 0 Å². The van der Waals surface area contributed by atoms with Crippen molar-refractivity contribution >= 4 is 23.4 Å². The summed E-state index contributed by atoms with van der Waals surface area (Å²) >= 11 is 5.87. The average molecular weight is 428 g/mol. The monoisotopic (exact) mass is 427 g/mol. The molecule has 0 spiro atoms. The zero-order valence-electron chi connectivity index (χ0n) is 16.3. The fourth-order valence-electron chi connectivity index (χ4n) is 2.67. The molecule has 30 heavy (non-hydrogen) atoms. The molecule has 0 bridgehead atoms. The van der Waals surface area contributed by atoms with E-state index >= 15 is 0 Å². The van der Waals surface area contributed by atoms with Crippen molar-refractivity contribution in [2.45, 2.75) is 32.2 Å². The van der Waals surface area contributed by atoms with Crippen molar-refractivity contribution in [3.05, 3.63) is 65.3 Å². The van der Waals surface area contributed by atoms with Crippen LogP contribution in [0.4, 0.5) is 0 Å². The van der Waals surface area contributed by atoms with Crippen molar-refractivity contribution in [2.24, 2.45) is 0 Å². The number of nitrogens with one attached hydrogen (secondary N) is 2. The number of pyridine rings is 1. The second kappa shape index (κ2) is 11.1. The van der Waals surface area contributed by atoms with Gasteiger partial charge < -0.3 is 15.2 Å². The van der Waals surface area contributed by atoms with E-state index in [2.05, 4.69) is 25.8 Å². The number of hydrogen-bond donors (Lipinski definition) is 2. The average Bonchev–Trinajstić information content (AvgIpc) is 3.22. The number of halogens is 1. The summed E-state index contributed by atoms with van der Waals surface area (Å²) in [6.45, 7) is 0.736. The zero-order valence-corrected chi connectivity index (χ0v) is 17.1. The molecule has 2 amide bonds. The Morgan fingerprint density at radius 1 is 0.967 bits per heavy atom. The third-order valence-corrected chi connectivity index (χ3v) is 4.53. The number of amides is 2. The van der Waals surface area contributed by atoms with Gasteiger partial charge in [0.05, 0.1) is 0 Å². The highest BCUT2D eigenvalue weighted by Crippen LogP contribution is 2.19. The van der Waals surface area contributed by atoms with Crippen LogP contribution in [0.5, 0.6) is 0 Å². The Balaban J connectivity index is 1.29. The van der Waals surface area contributed by atoms with Crippen LogP contribution < -0.4 is 10.6 Å². The number of rotatable bonds is 10. The van der Waals surface area contributed by atoms with Crippen molar-refractivity contribution in [1.82, 2.24) is 25.8 Å². The van der Waals surface area contributed by atoms with Gasteiger partial charge in [-0.25, -0.2) is 0 Å². The minimum absolute atomic E-state index is 0.116. The summed E-state index contributed by atoms with van der Waals surface area (Å²) < 4.78 is 5.22. The van der Waals surface area contributed by atoms with Gasteiger partial charge >= 0.3 is 0 Å². The molecule has 0 radical (unpaired) electrons. The normalized spacial score (nSPS) is 10.6. The van der Waals surface area contributed by atoms with Crippen molar-refractivity contribution < 1.29 is 14.1 Å². The van der Waals surface area contributed by atoms with Gasteiger partial charge in [-0.3, -0.25) is 14.6 Å². The van der Waals surface area contributed by atoms with Crippen molar-refractivity contribution in [3.8, 4) is 11.4 Å². The number of carbonyl (C=O) groups is 2. The van der Waals surface area contributed by atoms with E-state index in [0.717, 1.165) is 11.1 Å². The maximum Gasteiger partial charge on any atom is 0.226 e. The highest BCUT2D eigenvalue weighted by atomic mass is 35.5. The van der Waals surface area contributed by atoms with E-state index in [-0.39, 0.29) is 18.2 Å². The molecule has 9 heteroatoms. The number of aromatic nitrogens is 3. The van der Waals surface area contributed by atoms with Crippen LogP contribution in [0.1, 0.15) is 30.7 Å². The van der Waals surface area contributed by atoms with Crippen LogP contribution in [0, 0.1) is 0 Å². The lowest BCUT2D eigenvalue weighted by molar-refractivity contribution is -0.122. The predicted molar refractivity (Wildman–Crippen MR) is 111 cm³/mol. The fraction of sp³-hybridized carbons (Fsp3) is 0.286. The zero-order chi connectivity index (χ0) is 21.2. The Morgan fingerprint density at radius 2 is 1.70 bits per heavy atom. The molecule has 0 aliphatic rings. The lowest BCUT2D eigenvalue weighted by atomic mass is 10.2. The van der Waals surface area contributed by atoms with Gasteiger partial charge in [0.1, 0.15) is 0 Å². The number of benzene rings is 1. The first-order valence-electron chi connectivity index (χ1n) is 9.61. The Hall–Kier alpha value is -3.26. The SMILES string of the molecule is O=C(CCCc1nc(-c2ccc(Cl)cc2)no1)NCCC(=O)NCc1ccncc1. The van der Waals surface area contributed by atoms with Crippen LogP contribution in [-0.2, 0) is 22.6 Å². The molecular formula is C21H22ClN5O3. The summed E-state index contributed by atoms with van der Waals surface area (Å²) in [7, 11) is 0. The van der Waals surface area contributed by atoms with Crippen LogP contribution in [-0.4, -0.2) is 33.5 Å². The highest BCUT2D eigenvalue weighted by molar-refractivity contribution is 6.30. The molecule has 0 fully saturated rings. The fourth-order valence-corrected chi connectivity index (χ4v) is 2.79. The highest BCUT2D eigenvalue weighted by Gasteiger charge is 2.10. The molecule has 3 rings (SSSR count). The molecule has 2 N–H and O–H groups in total. The van der Waals surface area contributed by atoms with Gasteiger partial charge in [0.25, 0.3) is 0 Å². The molecule has 3 aromatic rings. The molecule has 0 aliphatic carbocycles. The smallest absolute Gasteiger partial charge is 0.226 e. The predicted octanol–water partition coefficient (Wildman–Crippen LogP) is 2.93. The molecule has 1 aromatic carbocycles. The standard InChI is InChI=1S/C21H22ClN5O3/c22-17-6-4-16(5-7-17)21-26-20(30-27-21)3-1-2-18(28)24-13-10-19(29)25-14-15-8-11-23-12-9-15/h4-9,11-12H,1-3,10,13-14H2,(H,24,28)(H,25,29). The van der Waals surface area contributed by atoms with Gasteiger partial charge in [-0.1, -0.05) is 16.8 Å². The van der Waals surface area contributed by atoms with E-state index < -0.39 is 0 Å². The third kappa shape index (κ3) is 6.97. The van der Waals surface area contributed by atoms with Gasteiger partial charge in [-0.2, -0.15) is 4.98 Å². The molecule has 0 saturated carbocycles. The maximum absolute atomic E-state index is 11.9. The second-order valence-electron chi connectivity index (χ2n) is 6.60. The molecule has 2 aromatic heterocycles. The summed E-state index contributed by atoms with van der Waals surface area (Å²) in [4.78, 5) is 32.0. The second-order valence-corrected chi connectivity index (χ2v) is 7.04. The van der Waals surface area contributed by atoms with Crippen LogP contribution in [0.15, 0.2) is 53.3 Å². The Kier molecular flexibility index (Phi) is 7.91. The summed E-state index contributed by atoms with van der Waals surface area (Å²) in [6.07, 6.45) is 4.97. The van der Waals surface area contributed by atoms with E-state index in [4.69, 9.17) is 16.1 Å². The van der Waals surface area contributed by atoms with E-state index in [1.807, 2.05) is 24.3 Å². The molecule has 0 atom stereocenters. The van der Waals surface area contributed by atoms with Gasteiger partial charge in [0.15, 0.2) is 0 Å². The largest absolute Gasteiger partial charge is 0.356 e. The van der Waals surface area contributed by atoms with E-state index in [1.165, 1.54) is 0 Å².